The first kappa shape index (κ1) is 17.2. The average molecular weight is 368 g/mol. The van der Waals surface area contributed by atoms with Crippen molar-refractivity contribution in [2.75, 3.05) is 20.3 Å². The van der Waals surface area contributed by atoms with Gasteiger partial charge in [-0.1, -0.05) is 24.3 Å². The summed E-state index contributed by atoms with van der Waals surface area (Å²) in [6.45, 7) is 2.77. The second-order valence-electron chi connectivity index (χ2n) is 6.62. The molecule has 0 aromatic heterocycles. The van der Waals surface area contributed by atoms with Crippen LogP contribution in [0.25, 0.3) is 0 Å². The summed E-state index contributed by atoms with van der Waals surface area (Å²) in [6, 6.07) is 12.2. The van der Waals surface area contributed by atoms with Crippen LogP contribution in [0.3, 0.4) is 0 Å². The Labute approximate surface area is 156 Å². The highest BCUT2D eigenvalue weighted by Crippen LogP contribution is 2.37. The smallest absolute Gasteiger partial charge is 0.325 e. The summed E-state index contributed by atoms with van der Waals surface area (Å²) in [7, 11) is 1.56. The predicted octanol–water partition coefficient (Wildman–Crippen LogP) is 2.43. The highest BCUT2D eigenvalue weighted by atomic mass is 16.6. The number of nitrogens with one attached hydrogen (secondary N) is 1. The van der Waals surface area contributed by atoms with Crippen molar-refractivity contribution < 1.29 is 23.8 Å². The fourth-order valence-corrected chi connectivity index (χ4v) is 3.39. The van der Waals surface area contributed by atoms with E-state index in [4.69, 9.17) is 14.2 Å². The van der Waals surface area contributed by atoms with Crippen molar-refractivity contribution in [3.8, 4) is 17.2 Å². The van der Waals surface area contributed by atoms with Gasteiger partial charge in [-0.15, -0.1) is 0 Å². The number of rotatable bonds is 4. The van der Waals surface area contributed by atoms with Crippen LogP contribution in [0.15, 0.2) is 42.5 Å². The third-order valence-electron chi connectivity index (χ3n) is 4.92. The molecule has 2 aliphatic heterocycles. The quantitative estimate of drug-likeness (QED) is 0.839. The maximum Gasteiger partial charge on any atom is 0.325 e. The van der Waals surface area contributed by atoms with Gasteiger partial charge in [-0.05, 0) is 30.7 Å². The number of hydrogen-bond acceptors (Lipinski definition) is 5. The number of amides is 3. The van der Waals surface area contributed by atoms with E-state index in [0.717, 1.165) is 5.56 Å². The molecular weight excluding hydrogens is 348 g/mol. The second kappa shape index (κ2) is 6.50. The van der Waals surface area contributed by atoms with Gasteiger partial charge < -0.3 is 19.5 Å². The Hall–Kier alpha value is -3.22. The SMILES string of the molecule is COc1ccccc1CN1C(=O)N[C@@](C)(c2ccc3c(c2)OCCO3)C1=O. The molecule has 140 valence electrons. The first-order chi connectivity index (χ1) is 13.0. The molecule has 7 heteroatoms. The van der Waals surface area contributed by atoms with Crippen LogP contribution < -0.4 is 19.5 Å². The number of nitrogens with zero attached hydrogens (tertiary/aromatic N) is 1. The van der Waals surface area contributed by atoms with Crippen molar-refractivity contribution in [3.63, 3.8) is 0 Å². The van der Waals surface area contributed by atoms with Gasteiger partial charge in [0.25, 0.3) is 5.91 Å². The Morgan fingerprint density at radius 3 is 2.63 bits per heavy atom. The lowest BCUT2D eigenvalue weighted by atomic mass is 9.91. The molecule has 7 nitrogen and oxygen atoms in total. The molecule has 0 bridgehead atoms. The monoisotopic (exact) mass is 368 g/mol. The normalized spacial score (nSPS) is 21.2. The van der Waals surface area contributed by atoms with Crippen molar-refractivity contribution in [2.45, 2.75) is 19.0 Å². The molecule has 0 unspecified atom stereocenters. The predicted molar refractivity (Wildman–Crippen MR) is 96.9 cm³/mol. The van der Waals surface area contributed by atoms with Gasteiger partial charge in [0, 0.05) is 5.56 Å². The van der Waals surface area contributed by atoms with Crippen LogP contribution in [0.1, 0.15) is 18.1 Å². The lowest BCUT2D eigenvalue weighted by molar-refractivity contribution is -0.131. The molecule has 0 radical (unpaired) electrons. The zero-order valence-corrected chi connectivity index (χ0v) is 15.2. The minimum Gasteiger partial charge on any atom is -0.496 e. The van der Waals surface area contributed by atoms with Gasteiger partial charge in [-0.2, -0.15) is 0 Å². The van der Waals surface area contributed by atoms with Gasteiger partial charge in [0.2, 0.25) is 0 Å². The Kier molecular flexibility index (Phi) is 4.14. The molecule has 2 aliphatic rings. The summed E-state index contributed by atoms with van der Waals surface area (Å²) in [5.41, 5.74) is 0.233. The van der Waals surface area contributed by atoms with E-state index in [9.17, 15) is 9.59 Å². The van der Waals surface area contributed by atoms with E-state index in [0.29, 0.717) is 36.0 Å². The standard InChI is InChI=1S/C20H20N2O5/c1-20(14-7-8-16-17(11-14)27-10-9-26-16)18(23)22(19(24)21-20)12-13-5-3-4-6-15(13)25-2/h3-8,11H,9-10,12H2,1-2H3,(H,21,24)/t20-/m0/s1. The molecular formula is C20H20N2O5. The van der Waals surface area contributed by atoms with Crippen LogP contribution in [0, 0.1) is 0 Å². The number of methoxy groups -OCH3 is 1. The van der Waals surface area contributed by atoms with Gasteiger partial charge in [0.15, 0.2) is 11.5 Å². The van der Waals surface area contributed by atoms with E-state index in [1.165, 1.54) is 4.90 Å². The fourth-order valence-electron chi connectivity index (χ4n) is 3.39. The molecule has 1 atom stereocenters. The van der Waals surface area contributed by atoms with Crippen molar-refractivity contribution in [2.24, 2.45) is 0 Å². The largest absolute Gasteiger partial charge is 0.496 e. The highest BCUT2D eigenvalue weighted by molar-refractivity contribution is 6.07. The lowest BCUT2D eigenvalue weighted by Crippen LogP contribution is -2.41. The summed E-state index contributed by atoms with van der Waals surface area (Å²) in [6.07, 6.45) is 0. The zero-order valence-electron chi connectivity index (χ0n) is 15.2. The molecule has 3 amide bonds. The van der Waals surface area contributed by atoms with Gasteiger partial charge in [0.05, 0.1) is 13.7 Å². The second-order valence-corrected chi connectivity index (χ2v) is 6.62. The molecule has 1 N–H and O–H groups in total. The molecule has 2 aromatic rings. The third-order valence-corrected chi connectivity index (χ3v) is 4.92. The van der Waals surface area contributed by atoms with Gasteiger partial charge in [-0.3, -0.25) is 9.69 Å². The first-order valence-electron chi connectivity index (χ1n) is 8.69. The van der Waals surface area contributed by atoms with Crippen LogP contribution in [-0.2, 0) is 16.9 Å². The molecule has 2 heterocycles. The highest BCUT2D eigenvalue weighted by Gasteiger charge is 2.49. The summed E-state index contributed by atoms with van der Waals surface area (Å²) < 4.78 is 16.5. The van der Waals surface area contributed by atoms with E-state index in [-0.39, 0.29) is 12.5 Å². The minimum atomic E-state index is -1.17. The van der Waals surface area contributed by atoms with E-state index in [2.05, 4.69) is 5.32 Å². The van der Waals surface area contributed by atoms with Crippen molar-refractivity contribution in [3.05, 3.63) is 53.6 Å². The van der Waals surface area contributed by atoms with E-state index in [1.807, 2.05) is 18.2 Å². The first-order valence-corrected chi connectivity index (χ1v) is 8.69. The number of ether oxygens (including phenoxy) is 3. The Balaban J connectivity index is 1.64. The third kappa shape index (κ3) is 2.85. The summed E-state index contributed by atoms with van der Waals surface area (Å²) in [5.74, 6) is 1.52. The van der Waals surface area contributed by atoms with Crippen LogP contribution in [0.5, 0.6) is 17.2 Å². The number of fused-ring (bicyclic) bond motifs is 1. The van der Waals surface area contributed by atoms with Gasteiger partial charge in [-0.25, -0.2) is 4.79 Å². The number of benzene rings is 2. The van der Waals surface area contributed by atoms with E-state index < -0.39 is 11.6 Å². The maximum absolute atomic E-state index is 13.1. The molecule has 4 rings (SSSR count). The zero-order chi connectivity index (χ0) is 19.0. The molecule has 0 aliphatic carbocycles. The molecule has 27 heavy (non-hydrogen) atoms. The van der Waals surface area contributed by atoms with Crippen LogP contribution >= 0.6 is 0 Å². The number of urea groups is 1. The van der Waals surface area contributed by atoms with Crippen molar-refractivity contribution in [1.29, 1.82) is 0 Å². The van der Waals surface area contributed by atoms with Crippen LogP contribution in [-0.4, -0.2) is 37.2 Å². The topological polar surface area (TPSA) is 77.1 Å². The van der Waals surface area contributed by atoms with Gasteiger partial charge in [0.1, 0.15) is 24.5 Å². The number of carbonyl (C=O) groups is 2. The Morgan fingerprint density at radius 1 is 1.11 bits per heavy atom. The van der Waals surface area contributed by atoms with E-state index >= 15 is 0 Å². The summed E-state index contributed by atoms with van der Waals surface area (Å²) in [5, 5.41) is 2.81. The van der Waals surface area contributed by atoms with E-state index in [1.54, 1.807) is 38.3 Å². The number of carbonyl (C=O) groups excluding carboxylic acids is 2. The number of para-hydroxylation sites is 1. The maximum atomic E-state index is 13.1. The van der Waals surface area contributed by atoms with Crippen molar-refractivity contribution in [1.82, 2.24) is 10.2 Å². The van der Waals surface area contributed by atoms with Crippen LogP contribution in [0.2, 0.25) is 0 Å². The Morgan fingerprint density at radius 2 is 1.85 bits per heavy atom. The van der Waals surface area contributed by atoms with Gasteiger partial charge >= 0.3 is 6.03 Å². The summed E-state index contributed by atoms with van der Waals surface area (Å²) >= 11 is 0. The molecule has 2 aromatic carbocycles. The van der Waals surface area contributed by atoms with Crippen molar-refractivity contribution >= 4 is 11.9 Å². The summed E-state index contributed by atoms with van der Waals surface area (Å²) in [4.78, 5) is 26.9. The molecule has 1 saturated heterocycles. The molecule has 0 saturated carbocycles. The minimum absolute atomic E-state index is 0.134. The molecule has 0 spiro atoms. The number of imide groups is 1. The van der Waals surface area contributed by atoms with Crippen LogP contribution in [0.4, 0.5) is 4.79 Å². The number of hydrogen-bond donors (Lipinski definition) is 1. The lowest BCUT2D eigenvalue weighted by Gasteiger charge is -2.25. The Bertz CT molecular complexity index is 913. The fraction of sp³-hybridized carbons (Fsp3) is 0.300. The average Bonchev–Trinajstić information content (AvgIpc) is 2.92. The molecule has 1 fully saturated rings.